The number of hydrogen-bond donors (Lipinski definition) is 0. The monoisotopic (exact) mass is 153 g/mol. The molecule has 8 heavy (non-hydrogen) atoms. The molecule has 0 aliphatic rings. The summed E-state index contributed by atoms with van der Waals surface area (Å²) in [5.41, 5.74) is 0. The summed E-state index contributed by atoms with van der Waals surface area (Å²) in [5.74, 6) is 0. The van der Waals surface area contributed by atoms with Crippen LogP contribution in [-0.4, -0.2) is 18.9 Å². The Balaban J connectivity index is 0. The predicted octanol–water partition coefficient (Wildman–Crippen LogP) is 2.79. The van der Waals surface area contributed by atoms with E-state index in [-0.39, 0.29) is 18.9 Å². The Hall–Kier alpha value is 0.527. The van der Waals surface area contributed by atoms with E-state index in [1.807, 2.05) is 0 Å². The number of hydrogen-bond acceptors (Lipinski definition) is 0. The van der Waals surface area contributed by atoms with Gasteiger partial charge in [0, 0.05) is 18.9 Å². The quantitative estimate of drug-likeness (QED) is 0.370. The van der Waals surface area contributed by atoms with Gasteiger partial charge >= 0.3 is 10.6 Å². The summed E-state index contributed by atoms with van der Waals surface area (Å²) in [6.45, 7) is 0. The van der Waals surface area contributed by atoms with E-state index in [0.717, 1.165) is 0 Å². The SMILES string of the molecule is FS(F)(F)(F)(F)F.[Li]. The minimum atomic E-state index is -10.5. The standard InChI is InChI=1S/F6S.Li/c1-7(2,3,4,5)6;. The summed E-state index contributed by atoms with van der Waals surface area (Å²) >= 11 is 0. The molecular weight excluding hydrogens is 153 g/mol. The Morgan fingerprint density at radius 2 is 0.625 bits per heavy atom. The van der Waals surface area contributed by atoms with Gasteiger partial charge in [-0.2, -0.15) is 0 Å². The van der Waals surface area contributed by atoms with E-state index in [9.17, 15) is 23.3 Å². The van der Waals surface area contributed by atoms with Crippen LogP contribution in [-0.2, 0) is 0 Å². The Kier molecular flexibility index (Phi) is 1.89. The van der Waals surface area contributed by atoms with Gasteiger partial charge < -0.3 is 0 Å². The molecule has 0 aromatic rings. The van der Waals surface area contributed by atoms with E-state index in [1.54, 1.807) is 0 Å². The summed E-state index contributed by atoms with van der Waals surface area (Å²) in [6.07, 6.45) is 0. The van der Waals surface area contributed by atoms with Crippen LogP contribution in [0.5, 0.6) is 0 Å². The second kappa shape index (κ2) is 1.33. The van der Waals surface area contributed by atoms with Crippen LogP contribution in [0, 0.1) is 0 Å². The molecule has 0 aliphatic heterocycles. The Labute approximate surface area is 53.4 Å². The van der Waals surface area contributed by atoms with Gasteiger partial charge in [0.05, 0.1) is 0 Å². The van der Waals surface area contributed by atoms with E-state index >= 15 is 0 Å². The second-order valence-electron chi connectivity index (χ2n) is 0.875. The molecule has 0 saturated heterocycles. The van der Waals surface area contributed by atoms with E-state index in [2.05, 4.69) is 0 Å². The van der Waals surface area contributed by atoms with Gasteiger partial charge in [-0.25, -0.2) is 0 Å². The maximum atomic E-state index is 9.85. The van der Waals surface area contributed by atoms with Crippen molar-refractivity contribution in [1.82, 2.24) is 0 Å². The Morgan fingerprint density at radius 1 is 0.625 bits per heavy atom. The Morgan fingerprint density at radius 3 is 0.625 bits per heavy atom. The molecule has 8 heteroatoms. The largest absolute Gasteiger partial charge is 0.431 e. The summed E-state index contributed by atoms with van der Waals surface area (Å²) in [7, 11) is -10.5. The van der Waals surface area contributed by atoms with Crippen molar-refractivity contribution < 1.29 is 23.3 Å². The molecule has 0 saturated carbocycles. The average Bonchev–Trinajstić information content (AvgIpc) is 0.592. The minimum Gasteiger partial charge on any atom is -0.0719 e. The number of halogens is 6. The van der Waals surface area contributed by atoms with Gasteiger partial charge in [-0.3, -0.25) is 0 Å². The van der Waals surface area contributed by atoms with Gasteiger partial charge in [0.2, 0.25) is 0 Å². The van der Waals surface area contributed by atoms with Crippen molar-refractivity contribution >= 4 is 29.5 Å². The molecule has 0 nitrogen and oxygen atoms in total. The van der Waals surface area contributed by atoms with Gasteiger partial charge in [-0.1, -0.05) is 23.3 Å². The first-order valence-electron chi connectivity index (χ1n) is 0.926. The zero-order chi connectivity index (χ0) is 6.41. The van der Waals surface area contributed by atoms with Crippen LogP contribution in [0.15, 0.2) is 0 Å². The summed E-state index contributed by atoms with van der Waals surface area (Å²) in [6, 6.07) is 0. The third kappa shape index (κ3) is 717. The fourth-order valence-electron chi connectivity index (χ4n) is 0. The second-order valence-corrected chi connectivity index (χ2v) is 2.62. The van der Waals surface area contributed by atoms with Gasteiger partial charge in [-0.15, -0.1) is 0 Å². The van der Waals surface area contributed by atoms with Gasteiger partial charge in [0.15, 0.2) is 0 Å². The van der Waals surface area contributed by atoms with E-state index in [0.29, 0.717) is 0 Å². The topological polar surface area (TPSA) is 0 Å². The van der Waals surface area contributed by atoms with Crippen molar-refractivity contribution in [3.8, 4) is 0 Å². The molecule has 0 atom stereocenters. The summed E-state index contributed by atoms with van der Waals surface area (Å²) < 4.78 is 59.1. The van der Waals surface area contributed by atoms with Gasteiger partial charge in [0.25, 0.3) is 0 Å². The molecular formula is F6LiS. The summed E-state index contributed by atoms with van der Waals surface area (Å²) in [4.78, 5) is 0. The maximum Gasteiger partial charge on any atom is 0.431 e. The molecule has 0 aromatic heterocycles. The third-order valence-electron chi connectivity index (χ3n) is 0. The molecule has 0 unspecified atom stereocenters. The maximum absolute atomic E-state index is 10.5. The zero-order valence-electron chi connectivity index (χ0n) is 3.68. The molecule has 49 valence electrons. The van der Waals surface area contributed by atoms with Crippen molar-refractivity contribution in [2.75, 3.05) is 0 Å². The van der Waals surface area contributed by atoms with Crippen molar-refractivity contribution in [2.45, 2.75) is 0 Å². The van der Waals surface area contributed by atoms with Crippen molar-refractivity contribution in [3.05, 3.63) is 0 Å². The molecule has 0 rings (SSSR count). The van der Waals surface area contributed by atoms with Gasteiger partial charge in [-0.05, 0) is 0 Å². The van der Waals surface area contributed by atoms with Crippen LogP contribution in [0.4, 0.5) is 23.3 Å². The van der Waals surface area contributed by atoms with Crippen LogP contribution in [0.1, 0.15) is 0 Å². The normalized spacial score (nSPS) is 20.2. The number of rotatable bonds is 0. The van der Waals surface area contributed by atoms with Crippen LogP contribution in [0.3, 0.4) is 0 Å². The smallest absolute Gasteiger partial charge is 0.0719 e. The first kappa shape index (κ1) is 11.3. The molecule has 1 radical (unpaired) electrons. The van der Waals surface area contributed by atoms with Gasteiger partial charge in [0.1, 0.15) is 0 Å². The molecule has 0 fully saturated rings. The molecule has 0 N–H and O–H groups in total. The van der Waals surface area contributed by atoms with Crippen molar-refractivity contribution in [1.29, 1.82) is 0 Å². The molecule has 0 bridgehead atoms. The zero-order valence-corrected chi connectivity index (χ0v) is 4.49. The predicted molar refractivity (Wildman–Crippen MR) is 20.0 cm³/mol. The van der Waals surface area contributed by atoms with E-state index < -0.39 is 10.6 Å². The average molecular weight is 153 g/mol. The van der Waals surface area contributed by atoms with Crippen molar-refractivity contribution in [3.63, 3.8) is 0 Å². The Bertz CT molecular complexity index is 67.1. The molecule has 0 spiro atoms. The van der Waals surface area contributed by atoms with Crippen LogP contribution < -0.4 is 0 Å². The fourth-order valence-corrected chi connectivity index (χ4v) is 0. The molecule has 0 amide bonds. The van der Waals surface area contributed by atoms with Crippen LogP contribution in [0.25, 0.3) is 0 Å². The fraction of sp³-hybridized carbons (Fsp3) is 0. The van der Waals surface area contributed by atoms with Crippen LogP contribution >= 0.6 is 10.6 Å². The van der Waals surface area contributed by atoms with Crippen molar-refractivity contribution in [2.24, 2.45) is 0 Å². The van der Waals surface area contributed by atoms with E-state index in [1.165, 1.54) is 0 Å². The van der Waals surface area contributed by atoms with Crippen LogP contribution in [0.2, 0.25) is 0 Å². The summed E-state index contributed by atoms with van der Waals surface area (Å²) in [5, 5.41) is 0. The third-order valence-corrected chi connectivity index (χ3v) is 0. The first-order chi connectivity index (χ1) is 2.45. The molecule has 0 heterocycles. The minimum absolute atomic E-state index is 0. The van der Waals surface area contributed by atoms with E-state index in [4.69, 9.17) is 0 Å². The first-order valence-corrected chi connectivity index (χ1v) is 2.78. The molecule has 0 aromatic carbocycles. The molecule has 0 aliphatic carbocycles.